The van der Waals surface area contributed by atoms with Gasteiger partial charge in [-0.3, -0.25) is 0 Å². The fourth-order valence-corrected chi connectivity index (χ4v) is 8.92. The third kappa shape index (κ3) is 13.8. The van der Waals surface area contributed by atoms with Gasteiger partial charge in [0.15, 0.2) is 12.7 Å². The first-order chi connectivity index (χ1) is 37.2. The van der Waals surface area contributed by atoms with Crippen molar-refractivity contribution in [2.75, 3.05) is 0 Å². The van der Waals surface area contributed by atoms with Crippen molar-refractivity contribution >= 4 is 38.8 Å². The molecule has 0 radical (unpaired) electrons. The van der Waals surface area contributed by atoms with Gasteiger partial charge in [0.1, 0.15) is 11.9 Å². The number of hydrogen-bond donors (Lipinski definition) is 0. The van der Waals surface area contributed by atoms with Gasteiger partial charge in [-0.1, -0.05) is 115 Å². The maximum absolute atomic E-state index is 14.2. The topological polar surface area (TPSA) is 13.1 Å². The van der Waals surface area contributed by atoms with Crippen LogP contribution in [0.4, 0.5) is 105 Å². The van der Waals surface area contributed by atoms with E-state index in [1.54, 1.807) is 0 Å². The summed E-state index contributed by atoms with van der Waals surface area (Å²) in [6.45, 7) is 0.772. The lowest BCUT2D eigenvalue weighted by molar-refractivity contribution is -0.691. The fourth-order valence-electron chi connectivity index (χ4n) is 8.92. The van der Waals surface area contributed by atoms with E-state index in [0.29, 0.717) is 0 Å². The standard InChI is InChI=1S/C32H12BF24.C22H18NO/c34-25(35,36)13-1-14(26(37,38)39)6-21(5-13)33(22-7-15(27(40,41)42)2-16(8-22)28(43,44)45,23-9-17(29(46,47)48)3-18(10-23)30(49,50)51)24-11-19(31(52,53)54)4-20(12-24)32(55,56)57;1-3-9-18(10-4-1)17-23-16-15-19-11-7-8-14-21(19)22(23)24-20-12-5-2-6-13-20/h1-12H;1-16H,17H2/q-1;+1. The second-order valence-electron chi connectivity index (χ2n) is 18.0. The lowest BCUT2D eigenvalue weighted by atomic mass is 9.12. The lowest BCUT2D eigenvalue weighted by Crippen LogP contribution is -2.75. The Bertz CT molecular complexity index is 3100. The normalized spacial score (nSPS) is 13.2. The summed E-state index contributed by atoms with van der Waals surface area (Å²) in [7, 11) is 0. The number of nitrogens with zero attached hydrogens (tertiary/aromatic N) is 1. The zero-order chi connectivity index (χ0) is 60.1. The van der Waals surface area contributed by atoms with Crippen LogP contribution in [0.5, 0.6) is 11.6 Å². The van der Waals surface area contributed by atoms with Crippen molar-refractivity contribution in [3.8, 4) is 11.6 Å². The third-order valence-electron chi connectivity index (χ3n) is 12.5. The van der Waals surface area contributed by atoms with Crippen LogP contribution in [0, 0.1) is 0 Å². The summed E-state index contributed by atoms with van der Waals surface area (Å²) < 4.78 is 349. The summed E-state index contributed by atoms with van der Waals surface area (Å²) >= 11 is 0. The predicted molar refractivity (Wildman–Crippen MR) is 246 cm³/mol. The first-order valence-corrected chi connectivity index (χ1v) is 22.7. The summed E-state index contributed by atoms with van der Waals surface area (Å²) in [5.74, 6) is 1.71. The molecule has 0 N–H and O–H groups in total. The van der Waals surface area contributed by atoms with Gasteiger partial charge in [0, 0.05) is 11.6 Å². The van der Waals surface area contributed by atoms with Gasteiger partial charge >= 0.3 is 55.3 Å². The molecule has 0 aliphatic carbocycles. The van der Waals surface area contributed by atoms with E-state index in [2.05, 4.69) is 59.3 Å². The Morgan fingerprint density at radius 3 is 0.877 bits per heavy atom. The van der Waals surface area contributed by atoms with E-state index in [9.17, 15) is 105 Å². The molecular weight excluding hydrogens is 1150 g/mol. The van der Waals surface area contributed by atoms with Gasteiger partial charge < -0.3 is 4.74 Å². The van der Waals surface area contributed by atoms with Crippen LogP contribution < -0.4 is 31.2 Å². The smallest absolute Gasteiger partial charge is 0.405 e. The number of pyridine rings is 1. The molecule has 2 nitrogen and oxygen atoms in total. The minimum Gasteiger partial charge on any atom is -0.405 e. The van der Waals surface area contributed by atoms with Crippen molar-refractivity contribution in [3.63, 3.8) is 0 Å². The number of fused-ring (bicyclic) bond motifs is 1. The van der Waals surface area contributed by atoms with Crippen molar-refractivity contribution in [1.29, 1.82) is 0 Å². The van der Waals surface area contributed by atoms with E-state index < -0.39 is 195 Å². The zero-order valence-corrected chi connectivity index (χ0v) is 39.9. The van der Waals surface area contributed by atoms with Crippen LogP contribution in [0.25, 0.3) is 10.8 Å². The van der Waals surface area contributed by atoms with Crippen molar-refractivity contribution in [2.24, 2.45) is 0 Å². The number of aromatic nitrogens is 1. The summed E-state index contributed by atoms with van der Waals surface area (Å²) in [4.78, 5) is 0. The summed E-state index contributed by atoms with van der Waals surface area (Å²) in [6, 6.07) is 22.0. The van der Waals surface area contributed by atoms with E-state index in [1.165, 1.54) is 10.9 Å². The minimum absolute atomic E-state index is 0.691. The number of hydrogen-bond acceptors (Lipinski definition) is 1. The highest BCUT2D eigenvalue weighted by Crippen LogP contribution is 2.42. The predicted octanol–water partition coefficient (Wildman–Crippen LogP) is 16.2. The molecule has 0 unspecified atom stereocenters. The Kier molecular flexibility index (Phi) is 16.2. The maximum Gasteiger partial charge on any atom is 0.416 e. The van der Waals surface area contributed by atoms with Gasteiger partial charge in [0.2, 0.25) is 0 Å². The van der Waals surface area contributed by atoms with E-state index in [-0.39, 0.29) is 0 Å². The first-order valence-electron chi connectivity index (χ1n) is 22.7. The van der Waals surface area contributed by atoms with Gasteiger partial charge in [0.05, 0.1) is 49.9 Å². The van der Waals surface area contributed by atoms with Gasteiger partial charge in [-0.05, 0) is 47.9 Å². The molecule has 0 atom stereocenters. The summed E-state index contributed by atoms with van der Waals surface area (Å²) in [5, 5.41) is 2.28. The van der Waals surface area contributed by atoms with Crippen molar-refractivity contribution in [2.45, 2.75) is 56.0 Å². The van der Waals surface area contributed by atoms with Crippen LogP contribution >= 0.6 is 0 Å². The van der Waals surface area contributed by atoms with Crippen LogP contribution in [0.1, 0.15) is 50.1 Å². The molecule has 1 aromatic heterocycles. The highest BCUT2D eigenvalue weighted by Gasteiger charge is 2.47. The number of alkyl halides is 24. The van der Waals surface area contributed by atoms with E-state index in [0.717, 1.165) is 23.6 Å². The van der Waals surface area contributed by atoms with Crippen LogP contribution in [0.3, 0.4) is 0 Å². The molecule has 0 bridgehead atoms. The molecule has 428 valence electrons. The number of rotatable bonds is 8. The Labute approximate surface area is 440 Å². The number of halogens is 24. The zero-order valence-electron chi connectivity index (χ0n) is 39.9. The highest BCUT2D eigenvalue weighted by atomic mass is 19.4. The molecule has 8 aromatic rings. The van der Waals surface area contributed by atoms with Gasteiger partial charge in [-0.15, -0.1) is 0 Å². The van der Waals surface area contributed by atoms with E-state index in [1.807, 2.05) is 42.5 Å². The molecule has 0 fully saturated rings. The molecule has 0 spiro atoms. The lowest BCUT2D eigenvalue weighted by Gasteiger charge is -2.46. The Morgan fingerprint density at radius 2 is 0.580 bits per heavy atom. The van der Waals surface area contributed by atoms with Crippen molar-refractivity contribution in [1.82, 2.24) is 0 Å². The molecule has 0 aliphatic rings. The molecule has 8 rings (SSSR count). The van der Waals surface area contributed by atoms with Crippen molar-refractivity contribution in [3.05, 3.63) is 220 Å². The molecule has 1 heterocycles. The van der Waals surface area contributed by atoms with E-state index in [4.69, 9.17) is 4.74 Å². The Morgan fingerprint density at radius 1 is 0.309 bits per heavy atom. The molecule has 0 saturated carbocycles. The first kappa shape index (κ1) is 60.8. The van der Waals surface area contributed by atoms with E-state index >= 15 is 0 Å². The average Bonchev–Trinajstić information content (AvgIpc) is 3.57. The third-order valence-corrected chi connectivity index (χ3v) is 12.5. The van der Waals surface area contributed by atoms with Crippen LogP contribution in [-0.2, 0) is 56.0 Å². The molecule has 27 heteroatoms. The van der Waals surface area contributed by atoms with Crippen LogP contribution in [0.2, 0.25) is 0 Å². The summed E-state index contributed by atoms with van der Waals surface area (Å²) in [5.41, 5.74) is -29.0. The van der Waals surface area contributed by atoms with Crippen molar-refractivity contribution < 1.29 is 115 Å². The summed E-state index contributed by atoms with van der Waals surface area (Å²) in [6.07, 6.45) is -52.7. The highest BCUT2D eigenvalue weighted by molar-refractivity contribution is 7.20. The monoisotopic (exact) mass is 1180 g/mol. The second kappa shape index (κ2) is 21.6. The minimum atomic E-state index is -6.13. The fraction of sp³-hybridized carbons (Fsp3) is 0.167. The number of ether oxygens (including phenoxy) is 1. The number of para-hydroxylation sites is 1. The molecule has 0 amide bonds. The largest absolute Gasteiger partial charge is 0.416 e. The molecule has 0 aliphatic heterocycles. The Balaban J connectivity index is 0.000000323. The Hall–Kier alpha value is -7.87. The second-order valence-corrected chi connectivity index (χ2v) is 18.0. The maximum atomic E-state index is 14.2. The van der Waals surface area contributed by atoms with Gasteiger partial charge in [-0.2, -0.15) is 132 Å². The van der Waals surface area contributed by atoms with Crippen LogP contribution in [-0.4, -0.2) is 6.15 Å². The van der Waals surface area contributed by atoms with Gasteiger partial charge in [0.25, 0.3) is 0 Å². The average molecular weight is 1180 g/mol. The van der Waals surface area contributed by atoms with Crippen LogP contribution in [0.15, 0.2) is 170 Å². The molecule has 81 heavy (non-hydrogen) atoms. The molecule has 7 aromatic carbocycles. The SMILES string of the molecule is FC(F)(F)c1cc([B-](c2cc(C(F)(F)F)cc(C(F)(F)F)c2)(c2cc(C(F)(F)F)cc(C(F)(F)F)c2)c2cc(C(F)(F)F)cc(C(F)(F)F)c2)cc(C(F)(F)F)c1.c1ccc(C[n+]2ccc3ccccc3c2Oc2ccccc2)cc1. The quantitative estimate of drug-likeness (QED) is 0.0840. The molecular formula is C54H30BF24NO. The number of benzene rings is 7. The van der Waals surface area contributed by atoms with Gasteiger partial charge in [-0.25, -0.2) is 0 Å². The molecule has 0 saturated heterocycles.